The number of anilines is 1. The van der Waals surface area contributed by atoms with E-state index >= 15 is 0 Å². The fourth-order valence-electron chi connectivity index (χ4n) is 3.56. The summed E-state index contributed by atoms with van der Waals surface area (Å²) in [5.74, 6) is -1.42. The quantitative estimate of drug-likeness (QED) is 0.825. The Balaban J connectivity index is 1.51. The van der Waals surface area contributed by atoms with Crippen molar-refractivity contribution in [2.24, 2.45) is 10.7 Å². The minimum atomic E-state index is -0.759. The number of benzene rings is 2. The number of likely N-dealkylation sites (tertiary alicyclic amines) is 1. The van der Waals surface area contributed by atoms with E-state index in [2.05, 4.69) is 10.3 Å². The molecular weight excluding hydrogens is 338 g/mol. The Morgan fingerprint density at radius 3 is 2.46 bits per heavy atom. The van der Waals surface area contributed by atoms with E-state index in [1.165, 1.54) is 0 Å². The molecule has 0 radical (unpaired) electrons. The smallest absolute Gasteiger partial charge is 0.254 e. The van der Waals surface area contributed by atoms with Crippen LogP contribution in [0, 0.1) is 11.6 Å². The summed E-state index contributed by atoms with van der Waals surface area (Å²) < 4.78 is 26.7. The lowest BCUT2D eigenvalue weighted by atomic mass is 9.93. The molecule has 2 aromatic rings. The first-order valence-electron chi connectivity index (χ1n) is 8.44. The number of piperidine rings is 1. The lowest BCUT2D eigenvalue weighted by molar-refractivity contribution is 0.0684. The largest absolute Gasteiger partial charge is 0.383 e. The molecule has 134 valence electrons. The van der Waals surface area contributed by atoms with Gasteiger partial charge in [-0.15, -0.1) is 0 Å². The number of hydrogen-bond acceptors (Lipinski definition) is 4. The summed E-state index contributed by atoms with van der Waals surface area (Å²) in [6.45, 7) is 0.839. The van der Waals surface area contributed by atoms with E-state index < -0.39 is 17.3 Å². The van der Waals surface area contributed by atoms with Crippen molar-refractivity contribution in [3.8, 4) is 0 Å². The van der Waals surface area contributed by atoms with E-state index in [-0.39, 0.29) is 11.5 Å². The number of halogens is 2. The van der Waals surface area contributed by atoms with Gasteiger partial charge in [-0.05, 0) is 24.3 Å². The van der Waals surface area contributed by atoms with Crippen LogP contribution in [0.3, 0.4) is 0 Å². The molecule has 2 aromatic carbocycles. The van der Waals surface area contributed by atoms with Gasteiger partial charge >= 0.3 is 0 Å². The van der Waals surface area contributed by atoms with Crippen LogP contribution in [-0.4, -0.2) is 35.4 Å². The first-order valence-corrected chi connectivity index (χ1v) is 8.44. The number of amides is 1. The van der Waals surface area contributed by atoms with Crippen molar-refractivity contribution in [3.05, 3.63) is 65.2 Å². The Morgan fingerprint density at radius 2 is 1.77 bits per heavy atom. The van der Waals surface area contributed by atoms with Crippen LogP contribution in [0.4, 0.5) is 14.5 Å². The molecule has 0 bridgehead atoms. The first kappa shape index (κ1) is 16.5. The van der Waals surface area contributed by atoms with Gasteiger partial charge in [-0.1, -0.05) is 12.1 Å². The van der Waals surface area contributed by atoms with Gasteiger partial charge in [-0.3, -0.25) is 4.79 Å². The normalized spacial score (nSPS) is 18.1. The maximum Gasteiger partial charge on any atom is 0.254 e. The van der Waals surface area contributed by atoms with Crippen LogP contribution >= 0.6 is 0 Å². The predicted molar refractivity (Wildman–Crippen MR) is 95.0 cm³/mol. The molecule has 0 aliphatic carbocycles. The lowest BCUT2D eigenvalue weighted by Crippen LogP contribution is -2.52. The number of rotatable bonds is 1. The third-order valence-corrected chi connectivity index (χ3v) is 4.89. The minimum Gasteiger partial charge on any atom is -0.383 e. The van der Waals surface area contributed by atoms with E-state index in [4.69, 9.17) is 5.73 Å². The number of aliphatic imine (C=N–C) groups is 1. The molecule has 5 nitrogen and oxygen atoms in total. The molecule has 2 heterocycles. The summed E-state index contributed by atoms with van der Waals surface area (Å²) in [6, 6.07) is 10.6. The molecular formula is C19H18F2N4O. The van der Waals surface area contributed by atoms with Crippen LogP contribution in [0.2, 0.25) is 0 Å². The van der Waals surface area contributed by atoms with Crippen molar-refractivity contribution in [1.82, 2.24) is 4.90 Å². The molecule has 1 spiro atoms. The fourth-order valence-corrected chi connectivity index (χ4v) is 3.56. The van der Waals surface area contributed by atoms with Crippen molar-refractivity contribution in [1.29, 1.82) is 0 Å². The fraction of sp³-hybridized carbons (Fsp3) is 0.263. The Hall–Kier alpha value is -2.96. The standard InChI is InChI=1S/C19H18F2N4O/c20-13-9-12(10-14(21)11-13)18(26)25-7-5-19(6-8-25)23-16-4-2-1-3-15(16)17(22)24-19/h1-4,9-11,23H,5-8H2,(H2,22,24). The second kappa shape index (κ2) is 6.09. The summed E-state index contributed by atoms with van der Waals surface area (Å²) in [4.78, 5) is 18.8. The van der Waals surface area contributed by atoms with Gasteiger partial charge in [0.1, 0.15) is 23.1 Å². The predicted octanol–water partition coefficient (Wildman–Crippen LogP) is 2.73. The van der Waals surface area contributed by atoms with E-state index in [0.29, 0.717) is 31.8 Å². The molecule has 3 N–H and O–H groups in total. The number of amidine groups is 1. The van der Waals surface area contributed by atoms with Crippen molar-refractivity contribution in [3.63, 3.8) is 0 Å². The molecule has 26 heavy (non-hydrogen) atoms. The first-order chi connectivity index (χ1) is 12.5. The third-order valence-electron chi connectivity index (χ3n) is 4.89. The highest BCUT2D eigenvalue weighted by molar-refractivity contribution is 6.04. The van der Waals surface area contributed by atoms with Gasteiger partial charge < -0.3 is 16.0 Å². The number of carbonyl (C=O) groups is 1. The van der Waals surface area contributed by atoms with Crippen LogP contribution in [0.25, 0.3) is 0 Å². The number of hydrogen-bond donors (Lipinski definition) is 2. The zero-order chi connectivity index (χ0) is 18.3. The molecule has 7 heteroatoms. The molecule has 0 saturated carbocycles. The Morgan fingerprint density at radius 1 is 1.12 bits per heavy atom. The van der Waals surface area contributed by atoms with E-state index in [1.807, 2.05) is 24.3 Å². The second-order valence-electron chi connectivity index (χ2n) is 6.65. The van der Waals surface area contributed by atoms with Crippen molar-refractivity contribution < 1.29 is 13.6 Å². The maximum absolute atomic E-state index is 13.4. The zero-order valence-electron chi connectivity index (χ0n) is 14.0. The number of fused-ring (bicyclic) bond motifs is 1. The van der Waals surface area contributed by atoms with Crippen molar-refractivity contribution in [2.75, 3.05) is 18.4 Å². The highest BCUT2D eigenvalue weighted by atomic mass is 19.1. The van der Waals surface area contributed by atoms with E-state index in [9.17, 15) is 13.6 Å². The summed E-state index contributed by atoms with van der Waals surface area (Å²) >= 11 is 0. The summed E-state index contributed by atoms with van der Waals surface area (Å²) in [6.07, 6.45) is 1.12. The molecule has 1 saturated heterocycles. The summed E-state index contributed by atoms with van der Waals surface area (Å²) in [5, 5.41) is 3.43. The van der Waals surface area contributed by atoms with Gasteiger partial charge in [-0.25, -0.2) is 13.8 Å². The maximum atomic E-state index is 13.4. The second-order valence-corrected chi connectivity index (χ2v) is 6.65. The van der Waals surface area contributed by atoms with Gasteiger partial charge in [-0.2, -0.15) is 0 Å². The number of para-hydroxylation sites is 1. The molecule has 0 aromatic heterocycles. The highest BCUT2D eigenvalue weighted by Gasteiger charge is 2.38. The molecule has 4 rings (SSSR count). The van der Waals surface area contributed by atoms with Crippen LogP contribution < -0.4 is 11.1 Å². The van der Waals surface area contributed by atoms with Gasteiger partial charge in [0.2, 0.25) is 0 Å². The average molecular weight is 356 g/mol. The van der Waals surface area contributed by atoms with Crippen molar-refractivity contribution >= 4 is 17.4 Å². The summed E-state index contributed by atoms with van der Waals surface area (Å²) in [5.41, 5.74) is 7.37. The molecule has 2 aliphatic heterocycles. The number of nitrogens with one attached hydrogen (secondary N) is 1. The Labute approximate surface area is 149 Å². The Bertz CT molecular complexity index is 884. The van der Waals surface area contributed by atoms with Gasteiger partial charge in [0.15, 0.2) is 0 Å². The Kier molecular flexibility index (Phi) is 3.86. The third kappa shape index (κ3) is 2.89. The molecule has 0 unspecified atom stereocenters. The van der Waals surface area contributed by atoms with Gasteiger partial charge in [0.25, 0.3) is 5.91 Å². The lowest BCUT2D eigenvalue weighted by Gasteiger charge is -2.42. The van der Waals surface area contributed by atoms with Gasteiger partial charge in [0.05, 0.1) is 0 Å². The van der Waals surface area contributed by atoms with Crippen LogP contribution in [0.5, 0.6) is 0 Å². The topological polar surface area (TPSA) is 70.7 Å². The van der Waals surface area contributed by atoms with Crippen LogP contribution in [0.15, 0.2) is 47.5 Å². The zero-order valence-corrected chi connectivity index (χ0v) is 14.0. The minimum absolute atomic E-state index is 0.0171. The molecule has 1 amide bonds. The number of nitrogens with two attached hydrogens (primary N) is 1. The average Bonchev–Trinajstić information content (AvgIpc) is 2.61. The monoisotopic (exact) mass is 356 g/mol. The van der Waals surface area contributed by atoms with Gasteiger partial charge in [0, 0.05) is 48.8 Å². The number of nitrogens with zero attached hydrogens (tertiary/aromatic N) is 2. The molecule has 1 fully saturated rings. The van der Waals surface area contributed by atoms with Crippen molar-refractivity contribution in [2.45, 2.75) is 18.5 Å². The number of carbonyl (C=O) groups excluding carboxylic acids is 1. The molecule has 0 atom stereocenters. The highest BCUT2D eigenvalue weighted by Crippen LogP contribution is 2.34. The van der Waals surface area contributed by atoms with Crippen LogP contribution in [-0.2, 0) is 0 Å². The van der Waals surface area contributed by atoms with E-state index in [1.54, 1.807) is 4.90 Å². The van der Waals surface area contributed by atoms with Crippen LogP contribution in [0.1, 0.15) is 28.8 Å². The van der Waals surface area contributed by atoms with E-state index in [0.717, 1.165) is 29.4 Å². The molecule has 2 aliphatic rings. The summed E-state index contributed by atoms with van der Waals surface area (Å²) in [7, 11) is 0. The SMILES string of the molecule is NC1=NC2(CCN(C(=O)c3cc(F)cc(F)c3)CC2)Nc2ccccc21.